The van der Waals surface area contributed by atoms with Crippen LogP contribution in [-0.2, 0) is 0 Å². The fraction of sp³-hybridized carbons (Fsp3) is 0.500. The third kappa shape index (κ3) is 3.35. The lowest BCUT2D eigenvalue weighted by Gasteiger charge is -2.37. The van der Waals surface area contributed by atoms with Crippen LogP contribution in [0.2, 0.25) is 0 Å². The van der Waals surface area contributed by atoms with Gasteiger partial charge in [0, 0.05) is 12.1 Å². The number of hydrogen-bond acceptors (Lipinski definition) is 2. The smallest absolute Gasteiger partial charge is 0.407 e. The average molecular weight is 290 g/mol. The van der Waals surface area contributed by atoms with Crippen molar-refractivity contribution in [2.45, 2.75) is 39.3 Å². The lowest BCUT2D eigenvalue weighted by Crippen LogP contribution is -2.52. The van der Waals surface area contributed by atoms with Crippen LogP contribution < -0.4 is 5.32 Å². The standard InChI is InChI=1S/C16H22N2O3/c1-16(2,3)13-12(9-10-18(13)15(20)21)17-14(19)11-7-5-4-6-8-11/h4-8,12-13H,9-10H2,1-3H3,(H,17,19)(H,20,21). The molecule has 2 amide bonds. The van der Waals surface area contributed by atoms with Gasteiger partial charge in [-0.15, -0.1) is 0 Å². The van der Waals surface area contributed by atoms with E-state index in [-0.39, 0.29) is 23.4 Å². The number of nitrogens with zero attached hydrogens (tertiary/aromatic N) is 1. The molecule has 1 saturated heterocycles. The minimum Gasteiger partial charge on any atom is -0.465 e. The van der Waals surface area contributed by atoms with Gasteiger partial charge in [0.1, 0.15) is 0 Å². The monoisotopic (exact) mass is 290 g/mol. The zero-order valence-electron chi connectivity index (χ0n) is 12.7. The molecule has 2 atom stereocenters. The van der Waals surface area contributed by atoms with E-state index in [1.54, 1.807) is 12.1 Å². The molecule has 0 aliphatic carbocycles. The first-order valence-electron chi connectivity index (χ1n) is 7.16. The molecule has 1 aromatic rings. The van der Waals surface area contributed by atoms with E-state index in [1.807, 2.05) is 39.0 Å². The average Bonchev–Trinajstić information content (AvgIpc) is 2.83. The molecule has 114 valence electrons. The van der Waals surface area contributed by atoms with Crippen LogP contribution >= 0.6 is 0 Å². The van der Waals surface area contributed by atoms with E-state index >= 15 is 0 Å². The third-order valence-electron chi connectivity index (χ3n) is 3.88. The zero-order chi connectivity index (χ0) is 15.6. The summed E-state index contributed by atoms with van der Waals surface area (Å²) in [6, 6.07) is 8.62. The topological polar surface area (TPSA) is 69.6 Å². The van der Waals surface area contributed by atoms with Crippen LogP contribution in [0.3, 0.4) is 0 Å². The predicted molar refractivity (Wildman–Crippen MR) is 80.3 cm³/mol. The Bertz CT molecular complexity index is 522. The summed E-state index contributed by atoms with van der Waals surface area (Å²) in [5.41, 5.74) is 0.364. The van der Waals surface area contributed by atoms with Crippen molar-refractivity contribution >= 4 is 12.0 Å². The van der Waals surface area contributed by atoms with Gasteiger partial charge in [-0.2, -0.15) is 0 Å². The molecule has 2 N–H and O–H groups in total. The molecule has 1 aliphatic rings. The number of carboxylic acid groups (broad SMARTS) is 1. The quantitative estimate of drug-likeness (QED) is 0.879. The number of benzene rings is 1. The second kappa shape index (κ2) is 5.76. The maximum absolute atomic E-state index is 12.3. The van der Waals surface area contributed by atoms with Gasteiger partial charge in [-0.05, 0) is 24.0 Å². The van der Waals surface area contributed by atoms with Crippen molar-refractivity contribution in [3.63, 3.8) is 0 Å². The molecule has 2 rings (SSSR count). The maximum atomic E-state index is 12.3. The van der Waals surface area contributed by atoms with Gasteiger partial charge in [0.25, 0.3) is 5.91 Å². The molecule has 2 unspecified atom stereocenters. The van der Waals surface area contributed by atoms with Crippen molar-refractivity contribution in [2.24, 2.45) is 5.41 Å². The van der Waals surface area contributed by atoms with Crippen molar-refractivity contribution in [1.29, 1.82) is 0 Å². The van der Waals surface area contributed by atoms with Crippen LogP contribution in [-0.4, -0.2) is 40.6 Å². The van der Waals surface area contributed by atoms with Crippen molar-refractivity contribution in [1.82, 2.24) is 10.2 Å². The van der Waals surface area contributed by atoms with E-state index in [1.165, 1.54) is 4.90 Å². The first-order chi connectivity index (χ1) is 9.80. The Kier molecular flexibility index (Phi) is 4.21. The molecule has 1 aromatic carbocycles. The van der Waals surface area contributed by atoms with Crippen LogP contribution in [0, 0.1) is 5.41 Å². The Labute approximate surface area is 125 Å². The van der Waals surface area contributed by atoms with Gasteiger partial charge in [-0.1, -0.05) is 39.0 Å². The van der Waals surface area contributed by atoms with E-state index in [4.69, 9.17) is 0 Å². The minimum absolute atomic E-state index is 0.151. The SMILES string of the molecule is CC(C)(C)C1C(NC(=O)c2ccccc2)CCN1C(=O)O. The van der Waals surface area contributed by atoms with Crippen molar-refractivity contribution in [3.05, 3.63) is 35.9 Å². The number of hydrogen-bond donors (Lipinski definition) is 2. The molecule has 5 nitrogen and oxygen atoms in total. The van der Waals surface area contributed by atoms with Gasteiger partial charge < -0.3 is 15.3 Å². The molecule has 5 heteroatoms. The number of likely N-dealkylation sites (tertiary alicyclic amines) is 1. The van der Waals surface area contributed by atoms with Crippen LogP contribution in [0.15, 0.2) is 30.3 Å². The van der Waals surface area contributed by atoms with Gasteiger partial charge in [-0.3, -0.25) is 4.79 Å². The summed E-state index contributed by atoms with van der Waals surface area (Å²) < 4.78 is 0. The maximum Gasteiger partial charge on any atom is 0.407 e. The lowest BCUT2D eigenvalue weighted by atomic mass is 9.82. The molecule has 0 bridgehead atoms. The van der Waals surface area contributed by atoms with Crippen molar-refractivity contribution in [3.8, 4) is 0 Å². The predicted octanol–water partition coefficient (Wildman–Crippen LogP) is 2.58. The highest BCUT2D eigenvalue weighted by Crippen LogP contribution is 2.33. The third-order valence-corrected chi connectivity index (χ3v) is 3.88. The van der Waals surface area contributed by atoms with Crippen molar-refractivity contribution in [2.75, 3.05) is 6.54 Å². The summed E-state index contributed by atoms with van der Waals surface area (Å²) in [6.45, 7) is 6.46. The summed E-state index contributed by atoms with van der Waals surface area (Å²) in [5.74, 6) is -0.151. The van der Waals surface area contributed by atoms with Gasteiger partial charge in [0.05, 0.1) is 12.1 Å². The Hall–Kier alpha value is -2.04. The van der Waals surface area contributed by atoms with E-state index in [0.29, 0.717) is 18.5 Å². The summed E-state index contributed by atoms with van der Waals surface area (Å²) in [4.78, 5) is 25.1. The first kappa shape index (κ1) is 15.4. The van der Waals surface area contributed by atoms with Crippen LogP contribution in [0.1, 0.15) is 37.6 Å². The second-order valence-corrected chi connectivity index (χ2v) is 6.52. The van der Waals surface area contributed by atoms with E-state index < -0.39 is 6.09 Å². The van der Waals surface area contributed by atoms with E-state index in [0.717, 1.165) is 0 Å². The Morgan fingerprint density at radius 1 is 1.24 bits per heavy atom. The van der Waals surface area contributed by atoms with Crippen LogP contribution in [0.25, 0.3) is 0 Å². The zero-order valence-corrected chi connectivity index (χ0v) is 12.7. The summed E-state index contributed by atoms with van der Waals surface area (Å²) >= 11 is 0. The normalized spacial score (nSPS) is 22.1. The fourth-order valence-electron chi connectivity index (χ4n) is 3.07. The highest BCUT2D eigenvalue weighted by molar-refractivity contribution is 5.94. The molecule has 1 heterocycles. The highest BCUT2D eigenvalue weighted by atomic mass is 16.4. The van der Waals surface area contributed by atoms with Crippen LogP contribution in [0.4, 0.5) is 4.79 Å². The second-order valence-electron chi connectivity index (χ2n) is 6.52. The summed E-state index contributed by atoms with van der Waals surface area (Å²) in [5, 5.41) is 12.3. The fourth-order valence-corrected chi connectivity index (χ4v) is 3.07. The van der Waals surface area contributed by atoms with E-state index in [2.05, 4.69) is 5.32 Å². The molecular formula is C16H22N2O3. The molecule has 0 spiro atoms. The Morgan fingerprint density at radius 2 is 1.86 bits per heavy atom. The molecule has 0 aromatic heterocycles. The van der Waals surface area contributed by atoms with E-state index in [9.17, 15) is 14.7 Å². The van der Waals surface area contributed by atoms with Crippen molar-refractivity contribution < 1.29 is 14.7 Å². The molecule has 1 fully saturated rings. The van der Waals surface area contributed by atoms with Gasteiger partial charge in [0.2, 0.25) is 0 Å². The molecular weight excluding hydrogens is 268 g/mol. The number of amides is 2. The van der Waals surface area contributed by atoms with Gasteiger partial charge >= 0.3 is 6.09 Å². The van der Waals surface area contributed by atoms with Crippen LogP contribution in [0.5, 0.6) is 0 Å². The Balaban J connectivity index is 2.15. The number of carbonyl (C=O) groups excluding carboxylic acids is 1. The Morgan fingerprint density at radius 3 is 2.38 bits per heavy atom. The largest absolute Gasteiger partial charge is 0.465 e. The number of rotatable bonds is 2. The van der Waals surface area contributed by atoms with Gasteiger partial charge in [-0.25, -0.2) is 4.79 Å². The van der Waals surface area contributed by atoms with Gasteiger partial charge in [0.15, 0.2) is 0 Å². The number of carbonyl (C=O) groups is 2. The minimum atomic E-state index is -0.925. The summed E-state index contributed by atoms with van der Waals surface area (Å²) in [7, 11) is 0. The first-order valence-corrected chi connectivity index (χ1v) is 7.16. The molecule has 21 heavy (non-hydrogen) atoms. The highest BCUT2D eigenvalue weighted by Gasteiger charge is 2.44. The summed E-state index contributed by atoms with van der Waals surface area (Å²) in [6.07, 6.45) is -0.279. The number of nitrogens with one attached hydrogen (secondary N) is 1. The molecule has 0 saturated carbocycles. The molecule has 0 radical (unpaired) electrons. The molecule has 1 aliphatic heterocycles. The lowest BCUT2D eigenvalue weighted by molar-refractivity contribution is 0.0827.